The Hall–Kier alpha value is -2.72. The normalized spacial score (nSPS) is 24.0. The molecule has 3 amide bonds. The molecule has 2 aliphatic heterocycles. The van der Waals surface area contributed by atoms with E-state index in [1.54, 1.807) is 18.2 Å². The Bertz CT molecular complexity index is 722. The molecule has 3 rings (SSSR count). The summed E-state index contributed by atoms with van der Waals surface area (Å²) in [7, 11) is 0. The quantitative estimate of drug-likeness (QED) is 0.744. The van der Waals surface area contributed by atoms with Gasteiger partial charge in [-0.3, -0.25) is 19.7 Å². The van der Waals surface area contributed by atoms with Gasteiger partial charge >= 0.3 is 0 Å². The fourth-order valence-corrected chi connectivity index (χ4v) is 2.96. The highest BCUT2D eigenvalue weighted by Gasteiger charge is 2.45. The van der Waals surface area contributed by atoms with Gasteiger partial charge in [0.1, 0.15) is 12.1 Å². The van der Waals surface area contributed by atoms with Crippen LogP contribution < -0.4 is 11.1 Å². The number of amides is 3. The molecule has 22 heavy (non-hydrogen) atoms. The topological polar surface area (TPSA) is 116 Å². The molecule has 0 bridgehead atoms. The highest BCUT2D eigenvalue weighted by molar-refractivity contribution is 6.06. The van der Waals surface area contributed by atoms with Gasteiger partial charge in [-0.25, -0.2) is 0 Å². The van der Waals surface area contributed by atoms with Crippen molar-refractivity contribution in [2.24, 2.45) is 5.73 Å². The lowest BCUT2D eigenvalue weighted by Gasteiger charge is -2.31. The minimum Gasteiger partial charge on any atom is -0.326 e. The maximum atomic E-state index is 12.6. The number of hydrogen-bond acceptors (Lipinski definition) is 5. The van der Waals surface area contributed by atoms with Crippen molar-refractivity contribution in [3.63, 3.8) is 0 Å². The smallest absolute Gasteiger partial charge is 0.256 e. The summed E-state index contributed by atoms with van der Waals surface area (Å²) in [6.45, 7) is 0.288. The molecule has 0 radical (unpaired) electrons. The van der Waals surface area contributed by atoms with Crippen molar-refractivity contribution >= 4 is 17.7 Å². The van der Waals surface area contributed by atoms with Crippen molar-refractivity contribution in [2.45, 2.75) is 31.5 Å². The van der Waals surface area contributed by atoms with Gasteiger partial charge in [-0.15, -0.1) is 0 Å². The Morgan fingerprint density at radius 2 is 2.14 bits per heavy atom. The molecule has 0 aliphatic carbocycles. The largest absolute Gasteiger partial charge is 0.326 e. The van der Waals surface area contributed by atoms with Crippen LogP contribution in [0.5, 0.6) is 0 Å². The van der Waals surface area contributed by atoms with Crippen molar-refractivity contribution in [3.8, 4) is 6.07 Å². The molecule has 0 spiro atoms. The molecule has 112 valence electrons. The van der Waals surface area contributed by atoms with Gasteiger partial charge in [0.25, 0.3) is 5.91 Å². The Balaban J connectivity index is 2.00. The molecule has 2 unspecified atom stereocenters. The molecule has 0 aromatic heterocycles. The second kappa shape index (κ2) is 5.24. The van der Waals surface area contributed by atoms with Crippen LogP contribution in [0.25, 0.3) is 0 Å². The molecular formula is C15H14N4O3. The summed E-state index contributed by atoms with van der Waals surface area (Å²) in [4.78, 5) is 37.2. The van der Waals surface area contributed by atoms with E-state index >= 15 is 0 Å². The van der Waals surface area contributed by atoms with E-state index < -0.39 is 18.0 Å². The Morgan fingerprint density at radius 1 is 1.36 bits per heavy atom. The van der Waals surface area contributed by atoms with Gasteiger partial charge in [0.2, 0.25) is 11.8 Å². The second-order valence-corrected chi connectivity index (χ2v) is 5.34. The van der Waals surface area contributed by atoms with Gasteiger partial charge < -0.3 is 10.6 Å². The fraction of sp³-hybridized carbons (Fsp3) is 0.333. The summed E-state index contributed by atoms with van der Waals surface area (Å²) in [6, 6.07) is 5.59. The number of carbonyl (C=O) groups excluding carboxylic acids is 3. The van der Waals surface area contributed by atoms with E-state index in [0.29, 0.717) is 11.1 Å². The van der Waals surface area contributed by atoms with Gasteiger partial charge in [-0.1, -0.05) is 12.1 Å². The summed E-state index contributed by atoms with van der Waals surface area (Å²) in [5.74, 6) is -1.26. The van der Waals surface area contributed by atoms with Gasteiger partial charge in [-0.2, -0.15) is 5.26 Å². The third-order valence-electron chi connectivity index (χ3n) is 4.06. The molecule has 1 fully saturated rings. The van der Waals surface area contributed by atoms with Crippen LogP contribution in [-0.4, -0.2) is 28.7 Å². The molecule has 2 atom stereocenters. The molecule has 7 heteroatoms. The predicted octanol–water partition coefficient (Wildman–Crippen LogP) is -0.0290. The van der Waals surface area contributed by atoms with Crippen LogP contribution in [0.2, 0.25) is 0 Å². The van der Waals surface area contributed by atoms with E-state index in [0.717, 1.165) is 5.56 Å². The summed E-state index contributed by atoms with van der Waals surface area (Å²) in [5.41, 5.74) is 7.35. The number of piperidine rings is 1. The van der Waals surface area contributed by atoms with E-state index in [-0.39, 0.29) is 31.2 Å². The Kier molecular flexibility index (Phi) is 3.39. The lowest BCUT2D eigenvalue weighted by molar-refractivity contribution is -0.137. The SMILES string of the molecule is N#CC1c2ccc(CN)cc2C(=O)N1C1CCC(=O)NC1=O. The number of rotatable bonds is 2. The number of nitrogens with one attached hydrogen (secondary N) is 1. The number of nitrogens with zero attached hydrogens (tertiary/aromatic N) is 2. The molecule has 0 saturated carbocycles. The predicted molar refractivity (Wildman–Crippen MR) is 75.0 cm³/mol. The number of hydrogen-bond donors (Lipinski definition) is 2. The second-order valence-electron chi connectivity index (χ2n) is 5.34. The van der Waals surface area contributed by atoms with E-state index in [1.807, 2.05) is 0 Å². The minimum atomic E-state index is -0.821. The highest BCUT2D eigenvalue weighted by atomic mass is 16.2. The van der Waals surface area contributed by atoms with Crippen molar-refractivity contribution in [3.05, 3.63) is 34.9 Å². The molecular weight excluding hydrogens is 284 g/mol. The van der Waals surface area contributed by atoms with Crippen molar-refractivity contribution in [1.82, 2.24) is 10.2 Å². The van der Waals surface area contributed by atoms with E-state index in [2.05, 4.69) is 11.4 Å². The van der Waals surface area contributed by atoms with Crippen molar-refractivity contribution in [2.75, 3.05) is 0 Å². The number of carbonyl (C=O) groups is 3. The monoisotopic (exact) mass is 298 g/mol. The number of fused-ring (bicyclic) bond motifs is 1. The third kappa shape index (κ3) is 2.05. The average Bonchev–Trinajstić information content (AvgIpc) is 2.79. The number of nitriles is 1. The standard InChI is InChI=1S/C15H14N4O3/c16-6-8-1-2-9-10(5-8)15(22)19(12(9)7-17)11-3-4-13(20)18-14(11)21/h1-2,5,11-12H,3-4,6,16H2,(H,18,20,21). The first kappa shape index (κ1) is 14.2. The summed E-state index contributed by atoms with van der Waals surface area (Å²) < 4.78 is 0. The molecule has 1 saturated heterocycles. The van der Waals surface area contributed by atoms with E-state index in [1.165, 1.54) is 4.90 Å². The fourth-order valence-electron chi connectivity index (χ4n) is 2.96. The van der Waals surface area contributed by atoms with Gasteiger partial charge in [0.05, 0.1) is 6.07 Å². The molecule has 2 heterocycles. The summed E-state index contributed by atoms with van der Waals surface area (Å²) >= 11 is 0. The average molecular weight is 298 g/mol. The zero-order valence-corrected chi connectivity index (χ0v) is 11.7. The lowest BCUT2D eigenvalue weighted by atomic mass is 10.0. The number of imide groups is 1. The molecule has 2 aliphatic rings. The number of nitrogens with two attached hydrogens (primary N) is 1. The molecule has 7 nitrogen and oxygen atoms in total. The zero-order chi connectivity index (χ0) is 15.9. The first-order chi connectivity index (χ1) is 10.6. The summed E-state index contributed by atoms with van der Waals surface area (Å²) in [5, 5.41) is 11.6. The molecule has 1 aromatic carbocycles. The highest BCUT2D eigenvalue weighted by Crippen LogP contribution is 2.36. The van der Waals surface area contributed by atoms with Gasteiger partial charge in [-0.05, 0) is 18.1 Å². The van der Waals surface area contributed by atoms with Crippen LogP contribution in [0.4, 0.5) is 0 Å². The van der Waals surface area contributed by atoms with Crippen LogP contribution >= 0.6 is 0 Å². The zero-order valence-electron chi connectivity index (χ0n) is 11.7. The van der Waals surface area contributed by atoms with Gasteiger partial charge in [0, 0.05) is 24.1 Å². The molecule has 3 N–H and O–H groups in total. The van der Waals surface area contributed by atoms with Crippen LogP contribution in [0.1, 0.15) is 40.4 Å². The Morgan fingerprint density at radius 3 is 2.77 bits per heavy atom. The van der Waals surface area contributed by atoms with Crippen molar-refractivity contribution < 1.29 is 14.4 Å². The van der Waals surface area contributed by atoms with Crippen LogP contribution in [0, 0.1) is 11.3 Å². The lowest BCUT2D eigenvalue weighted by Crippen LogP contribution is -2.53. The third-order valence-corrected chi connectivity index (χ3v) is 4.06. The number of benzene rings is 1. The maximum absolute atomic E-state index is 12.6. The van der Waals surface area contributed by atoms with E-state index in [4.69, 9.17) is 5.73 Å². The van der Waals surface area contributed by atoms with Gasteiger partial charge in [0.15, 0.2) is 0 Å². The maximum Gasteiger partial charge on any atom is 0.256 e. The summed E-state index contributed by atoms with van der Waals surface area (Å²) in [6.07, 6.45) is 0.384. The molecule has 1 aromatic rings. The van der Waals surface area contributed by atoms with Crippen LogP contribution in [-0.2, 0) is 16.1 Å². The van der Waals surface area contributed by atoms with E-state index in [9.17, 15) is 19.6 Å². The van der Waals surface area contributed by atoms with Crippen molar-refractivity contribution in [1.29, 1.82) is 5.26 Å². The minimum absolute atomic E-state index is 0.155. The van der Waals surface area contributed by atoms with Crippen LogP contribution in [0.15, 0.2) is 18.2 Å². The Labute approximate surface area is 126 Å². The first-order valence-electron chi connectivity index (χ1n) is 6.95. The van der Waals surface area contributed by atoms with Crippen LogP contribution in [0.3, 0.4) is 0 Å². The first-order valence-corrected chi connectivity index (χ1v) is 6.95.